The second kappa shape index (κ2) is 7.89. The fourth-order valence-electron chi connectivity index (χ4n) is 1.60. The lowest BCUT2D eigenvalue weighted by Crippen LogP contribution is -2.16. The monoisotopic (exact) mass is 299 g/mol. The van der Waals surface area contributed by atoms with Crippen molar-refractivity contribution in [2.24, 2.45) is 0 Å². The van der Waals surface area contributed by atoms with Gasteiger partial charge in [0.05, 0.1) is 18.8 Å². The number of ether oxygens (including phenoxy) is 2. The standard InChI is InChI=1S/C14H21NO4S/c1-5-7-8-19-14(17)15-12-11(13(16)18-6-2)9(3)10(4)20-12/h5-8H2,1-4H3,(H,15,17). The van der Waals surface area contributed by atoms with Gasteiger partial charge in [0.15, 0.2) is 0 Å². The predicted octanol–water partition coefficient (Wildman–Crippen LogP) is 3.89. The lowest BCUT2D eigenvalue weighted by Gasteiger charge is -2.07. The Hall–Kier alpha value is -1.56. The minimum atomic E-state index is -0.537. The smallest absolute Gasteiger partial charge is 0.412 e. The van der Waals surface area contributed by atoms with Crippen LogP contribution in [0.25, 0.3) is 0 Å². The molecule has 0 fully saturated rings. The number of rotatable bonds is 6. The zero-order valence-electron chi connectivity index (χ0n) is 12.4. The molecule has 0 saturated heterocycles. The van der Waals surface area contributed by atoms with Crippen LogP contribution in [0, 0.1) is 13.8 Å². The summed E-state index contributed by atoms with van der Waals surface area (Å²) in [6.45, 7) is 8.18. The number of hydrogen-bond donors (Lipinski definition) is 1. The molecule has 0 bridgehead atoms. The predicted molar refractivity (Wildman–Crippen MR) is 79.6 cm³/mol. The molecule has 1 N–H and O–H groups in total. The molecule has 0 unspecified atom stereocenters. The van der Waals surface area contributed by atoms with Crippen molar-refractivity contribution in [2.45, 2.75) is 40.5 Å². The van der Waals surface area contributed by atoms with Gasteiger partial charge in [-0.15, -0.1) is 11.3 Å². The summed E-state index contributed by atoms with van der Waals surface area (Å²) in [7, 11) is 0. The molecule has 1 heterocycles. The summed E-state index contributed by atoms with van der Waals surface area (Å²) in [5.41, 5.74) is 1.25. The van der Waals surface area contributed by atoms with E-state index in [0.717, 1.165) is 23.3 Å². The molecule has 6 heteroatoms. The minimum absolute atomic E-state index is 0.299. The molecular weight excluding hydrogens is 278 g/mol. The highest BCUT2D eigenvalue weighted by molar-refractivity contribution is 7.16. The number of hydrogen-bond acceptors (Lipinski definition) is 5. The number of nitrogens with one attached hydrogen (secondary N) is 1. The Labute approximate surface area is 123 Å². The molecule has 20 heavy (non-hydrogen) atoms. The van der Waals surface area contributed by atoms with Gasteiger partial charge in [-0.3, -0.25) is 5.32 Å². The Morgan fingerprint density at radius 2 is 1.90 bits per heavy atom. The number of esters is 1. The summed E-state index contributed by atoms with van der Waals surface area (Å²) in [5, 5.41) is 3.11. The maximum Gasteiger partial charge on any atom is 0.412 e. The molecule has 5 nitrogen and oxygen atoms in total. The van der Waals surface area contributed by atoms with Crippen molar-refractivity contribution < 1.29 is 19.1 Å². The molecule has 0 aliphatic heterocycles. The minimum Gasteiger partial charge on any atom is -0.462 e. The molecule has 0 aliphatic rings. The van der Waals surface area contributed by atoms with Crippen LogP contribution in [0.2, 0.25) is 0 Å². The van der Waals surface area contributed by atoms with Gasteiger partial charge in [-0.2, -0.15) is 0 Å². The average molecular weight is 299 g/mol. The van der Waals surface area contributed by atoms with Crippen molar-refractivity contribution in [1.82, 2.24) is 0 Å². The highest BCUT2D eigenvalue weighted by atomic mass is 32.1. The Bertz CT molecular complexity index is 482. The molecule has 0 aliphatic carbocycles. The number of amides is 1. The van der Waals surface area contributed by atoms with E-state index in [1.807, 2.05) is 20.8 Å². The number of thiophene rings is 1. The zero-order chi connectivity index (χ0) is 15.1. The summed E-state index contributed by atoms with van der Waals surface area (Å²) in [6, 6.07) is 0. The Kier molecular flexibility index (Phi) is 6.51. The lowest BCUT2D eigenvalue weighted by molar-refractivity contribution is 0.0527. The summed E-state index contributed by atoms with van der Waals surface area (Å²) >= 11 is 1.35. The van der Waals surface area contributed by atoms with Crippen LogP contribution in [0.5, 0.6) is 0 Å². The highest BCUT2D eigenvalue weighted by Crippen LogP contribution is 2.33. The van der Waals surface area contributed by atoms with Crippen molar-refractivity contribution in [1.29, 1.82) is 0 Å². The van der Waals surface area contributed by atoms with Gasteiger partial charge in [-0.25, -0.2) is 9.59 Å². The third-order valence-corrected chi connectivity index (χ3v) is 3.93. The van der Waals surface area contributed by atoms with E-state index in [1.165, 1.54) is 11.3 Å². The maximum atomic E-state index is 11.9. The van der Waals surface area contributed by atoms with Crippen LogP contribution in [0.3, 0.4) is 0 Å². The Balaban J connectivity index is 2.81. The van der Waals surface area contributed by atoms with Crippen LogP contribution in [0.15, 0.2) is 0 Å². The van der Waals surface area contributed by atoms with Crippen molar-refractivity contribution in [3.8, 4) is 0 Å². The zero-order valence-corrected chi connectivity index (χ0v) is 13.2. The van der Waals surface area contributed by atoms with Gasteiger partial charge in [-0.05, 0) is 32.8 Å². The van der Waals surface area contributed by atoms with E-state index in [-0.39, 0.29) is 0 Å². The van der Waals surface area contributed by atoms with Crippen molar-refractivity contribution in [2.75, 3.05) is 18.5 Å². The summed E-state index contributed by atoms with van der Waals surface area (Å²) < 4.78 is 10.1. The first-order valence-corrected chi connectivity index (χ1v) is 7.53. The number of carbonyl (C=O) groups excluding carboxylic acids is 2. The molecule has 0 spiro atoms. The quantitative estimate of drug-likeness (QED) is 0.639. The van der Waals surface area contributed by atoms with E-state index in [1.54, 1.807) is 6.92 Å². The van der Waals surface area contributed by atoms with Crippen LogP contribution in [-0.2, 0) is 9.47 Å². The van der Waals surface area contributed by atoms with Gasteiger partial charge in [0, 0.05) is 4.88 Å². The molecule has 1 aromatic rings. The van der Waals surface area contributed by atoms with Crippen LogP contribution >= 0.6 is 11.3 Å². The van der Waals surface area contributed by atoms with Gasteiger partial charge < -0.3 is 9.47 Å². The second-order valence-electron chi connectivity index (χ2n) is 4.32. The first-order chi connectivity index (χ1) is 9.51. The molecule has 0 atom stereocenters. The van der Waals surface area contributed by atoms with E-state index in [2.05, 4.69) is 5.32 Å². The molecule has 112 valence electrons. The number of aryl methyl sites for hydroxylation is 1. The Morgan fingerprint density at radius 3 is 2.50 bits per heavy atom. The molecule has 1 amide bonds. The highest BCUT2D eigenvalue weighted by Gasteiger charge is 2.22. The average Bonchev–Trinajstić information content (AvgIpc) is 2.65. The molecular formula is C14H21NO4S. The summed E-state index contributed by atoms with van der Waals surface area (Å²) in [6.07, 6.45) is 1.24. The Morgan fingerprint density at radius 1 is 1.20 bits per heavy atom. The fraction of sp³-hybridized carbons (Fsp3) is 0.571. The summed E-state index contributed by atoms with van der Waals surface area (Å²) in [5.74, 6) is -0.418. The third kappa shape index (κ3) is 4.23. The fourth-order valence-corrected chi connectivity index (χ4v) is 2.64. The van der Waals surface area contributed by atoms with Gasteiger partial charge in [-0.1, -0.05) is 13.3 Å². The van der Waals surface area contributed by atoms with Gasteiger partial charge in [0.2, 0.25) is 0 Å². The largest absolute Gasteiger partial charge is 0.462 e. The molecule has 0 radical (unpaired) electrons. The van der Waals surface area contributed by atoms with E-state index < -0.39 is 12.1 Å². The number of unbranched alkanes of at least 4 members (excludes halogenated alkanes) is 1. The van der Waals surface area contributed by atoms with Crippen molar-refractivity contribution in [3.05, 3.63) is 16.0 Å². The van der Waals surface area contributed by atoms with E-state index in [9.17, 15) is 9.59 Å². The van der Waals surface area contributed by atoms with Crippen LogP contribution in [-0.4, -0.2) is 25.3 Å². The second-order valence-corrected chi connectivity index (χ2v) is 5.55. The number of anilines is 1. The van der Waals surface area contributed by atoms with Crippen molar-refractivity contribution >= 4 is 28.4 Å². The molecule has 1 rings (SSSR count). The lowest BCUT2D eigenvalue weighted by atomic mass is 10.1. The van der Waals surface area contributed by atoms with Gasteiger partial charge in [0.1, 0.15) is 5.00 Å². The van der Waals surface area contributed by atoms with Crippen LogP contribution < -0.4 is 5.32 Å². The maximum absolute atomic E-state index is 11.9. The van der Waals surface area contributed by atoms with Gasteiger partial charge in [0.25, 0.3) is 0 Å². The number of carbonyl (C=O) groups is 2. The topological polar surface area (TPSA) is 64.6 Å². The summed E-state index contributed by atoms with van der Waals surface area (Å²) in [4.78, 5) is 24.6. The first kappa shape index (κ1) is 16.5. The van der Waals surface area contributed by atoms with Crippen LogP contribution in [0.4, 0.5) is 9.80 Å². The van der Waals surface area contributed by atoms with Crippen molar-refractivity contribution in [3.63, 3.8) is 0 Å². The molecule has 0 saturated carbocycles. The van der Waals surface area contributed by atoms with E-state index >= 15 is 0 Å². The van der Waals surface area contributed by atoms with Gasteiger partial charge >= 0.3 is 12.1 Å². The third-order valence-electron chi connectivity index (χ3n) is 2.81. The normalized spacial score (nSPS) is 10.2. The first-order valence-electron chi connectivity index (χ1n) is 6.72. The van der Waals surface area contributed by atoms with Crippen LogP contribution in [0.1, 0.15) is 47.5 Å². The van der Waals surface area contributed by atoms with E-state index in [0.29, 0.717) is 23.8 Å². The molecule has 1 aromatic heterocycles. The van der Waals surface area contributed by atoms with E-state index in [4.69, 9.17) is 9.47 Å². The molecule has 0 aromatic carbocycles. The SMILES string of the molecule is CCCCOC(=O)Nc1sc(C)c(C)c1C(=O)OCC.